The molecule has 0 radical (unpaired) electrons. The van der Waals surface area contributed by atoms with Gasteiger partial charge in [0.1, 0.15) is 11.5 Å². The summed E-state index contributed by atoms with van der Waals surface area (Å²) < 4.78 is 10.5. The van der Waals surface area contributed by atoms with Crippen LogP contribution in [0, 0.1) is 0 Å². The molecule has 32 heavy (non-hydrogen) atoms. The van der Waals surface area contributed by atoms with Crippen LogP contribution in [0.15, 0.2) is 75.8 Å². The normalized spacial score (nSPS) is 14.6. The standard InChI is InChI=1S/C24H18N2O6/c1-14-20(22(27)26(25-14)18-8-6-15(7-9-18)24(30)31-2)13-19-10-11-21(32-19)16-4-3-5-17(12-16)23(28)29/h3-13H,1-2H3,(H,28,29)/b20-13+. The van der Waals surface area contributed by atoms with Crippen molar-refractivity contribution in [3.05, 3.63) is 83.1 Å². The third kappa shape index (κ3) is 3.93. The predicted octanol–water partition coefficient (Wildman–Crippen LogP) is 4.24. The van der Waals surface area contributed by atoms with E-state index in [1.807, 2.05) is 0 Å². The SMILES string of the molecule is COC(=O)c1ccc(N2N=C(C)/C(=C\c3ccc(-c4cccc(C(=O)O)c4)o3)C2=O)cc1. The third-order valence-corrected chi connectivity index (χ3v) is 4.90. The third-order valence-electron chi connectivity index (χ3n) is 4.90. The molecule has 1 aliphatic rings. The molecule has 2 heterocycles. The highest BCUT2D eigenvalue weighted by Crippen LogP contribution is 2.28. The highest BCUT2D eigenvalue weighted by molar-refractivity contribution is 6.32. The van der Waals surface area contributed by atoms with Gasteiger partial charge in [-0.3, -0.25) is 4.79 Å². The van der Waals surface area contributed by atoms with Gasteiger partial charge in [-0.2, -0.15) is 10.1 Å². The zero-order chi connectivity index (χ0) is 22.8. The molecule has 0 fully saturated rings. The fraction of sp³-hybridized carbons (Fsp3) is 0.0833. The van der Waals surface area contributed by atoms with E-state index in [1.54, 1.807) is 61.5 Å². The minimum atomic E-state index is -1.02. The van der Waals surface area contributed by atoms with Crippen LogP contribution >= 0.6 is 0 Å². The van der Waals surface area contributed by atoms with Gasteiger partial charge >= 0.3 is 11.9 Å². The van der Waals surface area contributed by atoms with Crippen molar-refractivity contribution in [2.45, 2.75) is 6.92 Å². The minimum Gasteiger partial charge on any atom is -0.478 e. The summed E-state index contributed by atoms with van der Waals surface area (Å²) in [6.45, 7) is 1.72. The van der Waals surface area contributed by atoms with Crippen LogP contribution in [-0.4, -0.2) is 35.8 Å². The number of carbonyl (C=O) groups is 3. The van der Waals surface area contributed by atoms with Gasteiger partial charge in [-0.05, 0) is 61.5 Å². The van der Waals surface area contributed by atoms with E-state index in [4.69, 9.17) is 9.52 Å². The van der Waals surface area contributed by atoms with Gasteiger partial charge in [0.2, 0.25) is 0 Å². The van der Waals surface area contributed by atoms with E-state index >= 15 is 0 Å². The Morgan fingerprint density at radius 2 is 1.81 bits per heavy atom. The first-order valence-electron chi connectivity index (χ1n) is 9.61. The van der Waals surface area contributed by atoms with Crippen LogP contribution in [0.2, 0.25) is 0 Å². The Morgan fingerprint density at radius 1 is 1.06 bits per heavy atom. The van der Waals surface area contributed by atoms with E-state index < -0.39 is 11.9 Å². The first kappa shape index (κ1) is 20.8. The number of carboxylic acid groups (broad SMARTS) is 1. The van der Waals surface area contributed by atoms with Gasteiger partial charge in [-0.25, -0.2) is 9.59 Å². The van der Waals surface area contributed by atoms with Crippen molar-refractivity contribution in [3.63, 3.8) is 0 Å². The summed E-state index contributed by atoms with van der Waals surface area (Å²) in [6, 6.07) is 16.2. The Bertz CT molecular complexity index is 1280. The van der Waals surface area contributed by atoms with Crippen LogP contribution in [0.1, 0.15) is 33.4 Å². The lowest BCUT2D eigenvalue weighted by Gasteiger charge is -2.12. The van der Waals surface area contributed by atoms with Crippen LogP contribution < -0.4 is 5.01 Å². The highest BCUT2D eigenvalue weighted by Gasteiger charge is 2.29. The summed E-state index contributed by atoms with van der Waals surface area (Å²) in [5.41, 5.74) is 2.53. The molecule has 0 atom stereocenters. The van der Waals surface area contributed by atoms with Crippen molar-refractivity contribution >= 4 is 35.3 Å². The average molecular weight is 430 g/mol. The van der Waals surface area contributed by atoms with Crippen molar-refractivity contribution in [3.8, 4) is 11.3 Å². The number of hydrogen-bond acceptors (Lipinski definition) is 6. The van der Waals surface area contributed by atoms with Gasteiger partial charge in [0.05, 0.1) is 35.2 Å². The fourth-order valence-corrected chi connectivity index (χ4v) is 3.25. The molecule has 0 saturated heterocycles. The zero-order valence-corrected chi connectivity index (χ0v) is 17.2. The second-order valence-corrected chi connectivity index (χ2v) is 6.99. The van der Waals surface area contributed by atoms with E-state index in [1.165, 1.54) is 24.3 Å². The number of hydrazone groups is 1. The van der Waals surface area contributed by atoms with Gasteiger partial charge in [-0.15, -0.1) is 0 Å². The number of aromatic carboxylic acids is 1. The summed E-state index contributed by atoms with van der Waals surface area (Å²) in [5, 5.41) is 14.7. The number of furan rings is 1. The molecule has 0 unspecified atom stereocenters. The summed E-state index contributed by atoms with van der Waals surface area (Å²) in [7, 11) is 1.30. The molecular formula is C24H18N2O6. The molecule has 8 nitrogen and oxygen atoms in total. The number of amides is 1. The summed E-state index contributed by atoms with van der Waals surface area (Å²) in [5.74, 6) is -0.910. The van der Waals surface area contributed by atoms with Crippen LogP contribution in [0.25, 0.3) is 17.4 Å². The molecule has 4 rings (SSSR count). The predicted molar refractivity (Wildman–Crippen MR) is 117 cm³/mol. The molecule has 8 heteroatoms. The number of carbonyl (C=O) groups excluding carboxylic acids is 2. The lowest BCUT2D eigenvalue weighted by Crippen LogP contribution is -2.21. The molecule has 2 aromatic carbocycles. The Morgan fingerprint density at radius 3 is 2.50 bits per heavy atom. The number of nitrogens with zero attached hydrogens (tertiary/aromatic N) is 2. The first-order valence-corrected chi connectivity index (χ1v) is 9.61. The number of carboxylic acids is 1. The molecule has 1 N–H and O–H groups in total. The molecular weight excluding hydrogens is 412 g/mol. The van der Waals surface area contributed by atoms with Gasteiger partial charge < -0.3 is 14.3 Å². The molecule has 0 saturated carbocycles. The molecule has 1 aliphatic heterocycles. The molecule has 1 amide bonds. The number of anilines is 1. The number of ether oxygens (including phenoxy) is 1. The average Bonchev–Trinajstić information content (AvgIpc) is 3.39. The molecule has 0 aliphatic carbocycles. The second-order valence-electron chi connectivity index (χ2n) is 6.99. The number of rotatable bonds is 5. The second kappa shape index (κ2) is 8.35. The van der Waals surface area contributed by atoms with Gasteiger partial charge in [0.25, 0.3) is 5.91 Å². The van der Waals surface area contributed by atoms with Crippen molar-refractivity contribution in [1.82, 2.24) is 0 Å². The van der Waals surface area contributed by atoms with E-state index in [2.05, 4.69) is 9.84 Å². The van der Waals surface area contributed by atoms with Gasteiger partial charge in [-0.1, -0.05) is 12.1 Å². The zero-order valence-electron chi connectivity index (χ0n) is 17.2. The molecule has 3 aromatic rings. The first-order chi connectivity index (χ1) is 15.4. The van der Waals surface area contributed by atoms with E-state index in [9.17, 15) is 14.4 Å². The number of methoxy groups -OCH3 is 1. The molecule has 0 bridgehead atoms. The lowest BCUT2D eigenvalue weighted by molar-refractivity contribution is -0.114. The maximum Gasteiger partial charge on any atom is 0.337 e. The van der Waals surface area contributed by atoms with Crippen molar-refractivity contribution in [2.75, 3.05) is 12.1 Å². The van der Waals surface area contributed by atoms with Crippen molar-refractivity contribution in [2.24, 2.45) is 5.10 Å². The number of benzene rings is 2. The largest absolute Gasteiger partial charge is 0.478 e. The quantitative estimate of drug-likeness (QED) is 0.479. The Kier molecular flexibility index (Phi) is 5.43. The topological polar surface area (TPSA) is 109 Å². The van der Waals surface area contributed by atoms with Gasteiger partial charge in [0.15, 0.2) is 0 Å². The number of hydrogen-bond donors (Lipinski definition) is 1. The van der Waals surface area contributed by atoms with Crippen molar-refractivity contribution in [1.29, 1.82) is 0 Å². The number of esters is 1. The minimum absolute atomic E-state index is 0.154. The maximum absolute atomic E-state index is 12.9. The summed E-state index contributed by atoms with van der Waals surface area (Å²) in [6.07, 6.45) is 1.59. The molecule has 1 aromatic heterocycles. The lowest BCUT2D eigenvalue weighted by atomic mass is 10.1. The van der Waals surface area contributed by atoms with E-state index in [-0.39, 0.29) is 11.5 Å². The van der Waals surface area contributed by atoms with Crippen LogP contribution in [0.4, 0.5) is 5.69 Å². The maximum atomic E-state index is 12.9. The highest BCUT2D eigenvalue weighted by atomic mass is 16.5. The Balaban J connectivity index is 1.58. The van der Waals surface area contributed by atoms with Crippen LogP contribution in [-0.2, 0) is 9.53 Å². The summed E-state index contributed by atoms with van der Waals surface area (Å²) in [4.78, 5) is 35.7. The summed E-state index contributed by atoms with van der Waals surface area (Å²) >= 11 is 0. The van der Waals surface area contributed by atoms with Gasteiger partial charge in [0, 0.05) is 5.56 Å². The molecule has 0 spiro atoms. The van der Waals surface area contributed by atoms with Crippen LogP contribution in [0.3, 0.4) is 0 Å². The van der Waals surface area contributed by atoms with Crippen LogP contribution in [0.5, 0.6) is 0 Å². The van der Waals surface area contributed by atoms with E-state index in [0.29, 0.717) is 39.6 Å². The molecule has 160 valence electrons. The monoisotopic (exact) mass is 430 g/mol. The Hall–Kier alpha value is -4.46. The van der Waals surface area contributed by atoms with Crippen molar-refractivity contribution < 1.29 is 28.6 Å². The Labute approximate surface area is 183 Å². The smallest absolute Gasteiger partial charge is 0.337 e. The van der Waals surface area contributed by atoms with E-state index in [0.717, 1.165) is 0 Å². The fourth-order valence-electron chi connectivity index (χ4n) is 3.25.